The van der Waals surface area contributed by atoms with Gasteiger partial charge in [0.15, 0.2) is 5.78 Å². The highest BCUT2D eigenvalue weighted by Crippen LogP contribution is 2.68. The van der Waals surface area contributed by atoms with Gasteiger partial charge >= 0.3 is 0 Å². The molecule has 0 aromatic rings. The number of aliphatic hydroxyl groups is 7. The van der Waals surface area contributed by atoms with Gasteiger partial charge < -0.3 is 35.7 Å². The van der Waals surface area contributed by atoms with Gasteiger partial charge in [-0.15, -0.1) is 0 Å². The molecule has 35 heavy (non-hydrogen) atoms. The van der Waals surface area contributed by atoms with Crippen LogP contribution in [-0.2, 0) is 4.79 Å². The Bertz CT molecular complexity index is 892. The first-order chi connectivity index (χ1) is 15.9. The predicted octanol–water partition coefficient (Wildman–Crippen LogP) is 0.825. The summed E-state index contributed by atoms with van der Waals surface area (Å²) in [7, 11) is 0. The van der Waals surface area contributed by atoms with Gasteiger partial charge in [0.1, 0.15) is 6.10 Å². The van der Waals surface area contributed by atoms with Crippen LogP contribution < -0.4 is 0 Å². The summed E-state index contributed by atoms with van der Waals surface area (Å²) in [4.78, 5) is 13.3. The Morgan fingerprint density at radius 3 is 2.29 bits per heavy atom. The lowest BCUT2D eigenvalue weighted by molar-refractivity contribution is -0.205. The van der Waals surface area contributed by atoms with Crippen LogP contribution in [-0.4, -0.2) is 82.7 Å². The monoisotopic (exact) mass is 496 g/mol. The first-order valence-corrected chi connectivity index (χ1v) is 13.1. The van der Waals surface area contributed by atoms with Crippen LogP contribution in [0.5, 0.6) is 0 Å². The van der Waals surface area contributed by atoms with Gasteiger partial charge in [-0.2, -0.15) is 0 Å². The predicted molar refractivity (Wildman–Crippen MR) is 128 cm³/mol. The SMILES string of the molecule is CC(C)(O)CC[C@@H](O)[C@](C)(O)[C@H]1CC[C@@]2(O)C3=CC(=O)[C@H]4C[C@@H](O)[C@@H](O)[C@H](O)[C@]4(C)[C@H]3CC[C@]12C. The van der Waals surface area contributed by atoms with E-state index in [0.717, 1.165) is 0 Å². The quantitative estimate of drug-likeness (QED) is 0.295. The Morgan fingerprint density at radius 1 is 1.06 bits per heavy atom. The topological polar surface area (TPSA) is 159 Å². The number of carbonyl (C=O) groups is 1. The molecule has 3 fully saturated rings. The molecule has 0 amide bonds. The molecule has 4 rings (SSSR count). The molecule has 0 aliphatic heterocycles. The van der Waals surface area contributed by atoms with E-state index in [-0.39, 0.29) is 24.5 Å². The summed E-state index contributed by atoms with van der Waals surface area (Å²) in [5, 5.41) is 76.6. The molecule has 0 aromatic carbocycles. The van der Waals surface area contributed by atoms with Crippen LogP contribution in [0.3, 0.4) is 0 Å². The maximum atomic E-state index is 13.3. The average Bonchev–Trinajstić information content (AvgIpc) is 3.04. The molecule has 8 heteroatoms. The van der Waals surface area contributed by atoms with E-state index < -0.39 is 63.9 Å². The van der Waals surface area contributed by atoms with Crippen molar-refractivity contribution in [1.29, 1.82) is 0 Å². The summed E-state index contributed by atoms with van der Waals surface area (Å²) in [6.45, 7) is 8.59. The van der Waals surface area contributed by atoms with Crippen LogP contribution in [0, 0.1) is 28.6 Å². The number of allylic oxidation sites excluding steroid dienone is 1. The van der Waals surface area contributed by atoms with E-state index in [9.17, 15) is 40.5 Å². The molecule has 8 nitrogen and oxygen atoms in total. The van der Waals surface area contributed by atoms with Gasteiger partial charge in [-0.3, -0.25) is 4.79 Å². The molecule has 0 saturated heterocycles. The maximum Gasteiger partial charge on any atom is 0.159 e. The number of rotatable bonds is 5. The van der Waals surface area contributed by atoms with Gasteiger partial charge in [-0.25, -0.2) is 0 Å². The van der Waals surface area contributed by atoms with Crippen molar-refractivity contribution in [3.8, 4) is 0 Å². The Labute approximate surface area is 207 Å². The molecule has 0 unspecified atom stereocenters. The highest BCUT2D eigenvalue weighted by molar-refractivity contribution is 5.95. The van der Waals surface area contributed by atoms with Crippen molar-refractivity contribution < 1.29 is 40.5 Å². The molecule has 200 valence electrons. The molecule has 0 aromatic heterocycles. The van der Waals surface area contributed by atoms with E-state index in [1.165, 1.54) is 6.08 Å². The third kappa shape index (κ3) is 3.78. The Hall–Kier alpha value is -0.870. The van der Waals surface area contributed by atoms with Crippen molar-refractivity contribution in [2.24, 2.45) is 28.6 Å². The summed E-state index contributed by atoms with van der Waals surface area (Å²) in [6.07, 6.45) is -1.09. The van der Waals surface area contributed by atoms with Crippen LogP contribution in [0.2, 0.25) is 0 Å². The second-order valence-electron chi connectivity index (χ2n) is 13.2. The lowest BCUT2D eigenvalue weighted by atomic mass is 9.45. The molecule has 0 bridgehead atoms. The summed E-state index contributed by atoms with van der Waals surface area (Å²) in [6, 6.07) is 0. The zero-order chi connectivity index (χ0) is 26.4. The first-order valence-electron chi connectivity index (χ1n) is 13.1. The summed E-state index contributed by atoms with van der Waals surface area (Å²) >= 11 is 0. The van der Waals surface area contributed by atoms with E-state index in [4.69, 9.17) is 0 Å². The second-order valence-corrected chi connectivity index (χ2v) is 13.2. The minimum atomic E-state index is -1.52. The fraction of sp³-hybridized carbons (Fsp3) is 0.889. The van der Waals surface area contributed by atoms with Crippen molar-refractivity contribution in [3.05, 3.63) is 11.6 Å². The van der Waals surface area contributed by atoms with Crippen LogP contribution in [0.1, 0.15) is 79.6 Å². The zero-order valence-corrected chi connectivity index (χ0v) is 21.6. The summed E-state index contributed by atoms with van der Waals surface area (Å²) in [5.74, 6) is -1.73. The summed E-state index contributed by atoms with van der Waals surface area (Å²) < 4.78 is 0. The Balaban J connectivity index is 1.69. The van der Waals surface area contributed by atoms with Gasteiger partial charge in [0.25, 0.3) is 0 Å². The van der Waals surface area contributed by atoms with E-state index in [2.05, 4.69) is 0 Å². The Morgan fingerprint density at radius 2 is 1.69 bits per heavy atom. The molecule has 4 aliphatic carbocycles. The van der Waals surface area contributed by atoms with Gasteiger partial charge in [-0.1, -0.05) is 13.8 Å². The standard InChI is InChI=1S/C27H44O8/c1-23(2,33)9-8-20(30)26(5,34)19-7-11-27(35)15-12-17(28)16-13-18(29)21(31)22(32)25(16,4)14(15)6-10-24(19,27)3/h12,14,16,18-22,29-35H,6-11,13H2,1-5H3/t14-,16+,18+,19-,20+,21+,22-,24+,25+,26+,27+/m0/s1. The normalized spacial score (nSPS) is 48.3. The Kier molecular flexibility index (Phi) is 6.46. The number of carbonyl (C=O) groups excluding carboxylic acids is 1. The number of hydrogen-bond acceptors (Lipinski definition) is 8. The number of ketones is 1. The van der Waals surface area contributed by atoms with Crippen LogP contribution >= 0.6 is 0 Å². The average molecular weight is 497 g/mol. The molecule has 0 heterocycles. The van der Waals surface area contributed by atoms with Gasteiger partial charge in [-0.05, 0) is 89.2 Å². The van der Waals surface area contributed by atoms with Crippen molar-refractivity contribution in [3.63, 3.8) is 0 Å². The molecular formula is C27H44O8. The molecule has 0 spiro atoms. The highest BCUT2D eigenvalue weighted by atomic mass is 16.4. The smallest absolute Gasteiger partial charge is 0.159 e. The number of fused-ring (bicyclic) bond motifs is 5. The number of hydrogen-bond donors (Lipinski definition) is 7. The van der Waals surface area contributed by atoms with Gasteiger partial charge in [0.2, 0.25) is 0 Å². The zero-order valence-electron chi connectivity index (χ0n) is 21.6. The van der Waals surface area contributed by atoms with Crippen molar-refractivity contribution >= 4 is 5.78 Å². The number of aliphatic hydroxyl groups excluding tert-OH is 4. The molecule has 11 atom stereocenters. The van der Waals surface area contributed by atoms with Crippen molar-refractivity contribution in [2.75, 3.05) is 0 Å². The lowest BCUT2D eigenvalue weighted by Crippen LogP contribution is -2.66. The maximum absolute atomic E-state index is 13.3. The van der Waals surface area contributed by atoms with Crippen molar-refractivity contribution in [2.45, 2.75) is 121 Å². The van der Waals surface area contributed by atoms with Gasteiger partial charge in [0.05, 0.1) is 35.1 Å². The third-order valence-corrected chi connectivity index (χ3v) is 10.7. The van der Waals surface area contributed by atoms with E-state index in [0.29, 0.717) is 37.7 Å². The van der Waals surface area contributed by atoms with Crippen LogP contribution in [0.25, 0.3) is 0 Å². The van der Waals surface area contributed by atoms with Gasteiger partial charge in [0, 0.05) is 16.7 Å². The third-order valence-electron chi connectivity index (χ3n) is 10.7. The lowest BCUT2D eigenvalue weighted by Gasteiger charge is -2.61. The fourth-order valence-corrected chi connectivity index (χ4v) is 8.35. The minimum Gasteiger partial charge on any atom is -0.390 e. The van der Waals surface area contributed by atoms with E-state index in [1.807, 2.05) is 6.92 Å². The molecular weight excluding hydrogens is 452 g/mol. The van der Waals surface area contributed by atoms with E-state index >= 15 is 0 Å². The summed E-state index contributed by atoms with van der Waals surface area (Å²) in [5.41, 5.74) is -5.21. The minimum absolute atomic E-state index is 0.0638. The fourth-order valence-electron chi connectivity index (χ4n) is 8.35. The first kappa shape index (κ1) is 27.2. The second kappa shape index (κ2) is 8.32. The van der Waals surface area contributed by atoms with E-state index in [1.54, 1.807) is 27.7 Å². The molecule has 3 saturated carbocycles. The largest absolute Gasteiger partial charge is 0.390 e. The van der Waals surface area contributed by atoms with Crippen LogP contribution in [0.15, 0.2) is 11.6 Å². The van der Waals surface area contributed by atoms with Crippen LogP contribution in [0.4, 0.5) is 0 Å². The highest BCUT2D eigenvalue weighted by Gasteiger charge is 2.70. The molecule has 4 aliphatic rings. The molecule has 7 N–H and O–H groups in total. The molecule has 0 radical (unpaired) electrons. The van der Waals surface area contributed by atoms with Crippen molar-refractivity contribution in [1.82, 2.24) is 0 Å².